The van der Waals surface area contributed by atoms with Crippen LogP contribution in [-0.4, -0.2) is 0 Å². The third kappa shape index (κ3) is 2.30. The quantitative estimate of drug-likeness (QED) is 0.566. The Morgan fingerprint density at radius 1 is 1.46 bits per heavy atom. The Morgan fingerprint density at radius 3 is 2.38 bits per heavy atom. The first-order valence-electron chi connectivity index (χ1n) is 4.47. The lowest BCUT2D eigenvalue weighted by molar-refractivity contribution is 0.279. The molecule has 1 heterocycles. The first kappa shape index (κ1) is 10.7. The van der Waals surface area contributed by atoms with Gasteiger partial charge in [-0.2, -0.15) is 0 Å². The second-order valence-electron chi connectivity index (χ2n) is 4.43. The smallest absolute Gasteiger partial charge is 0.0604 e. The monoisotopic (exact) mass is 198 g/mol. The van der Waals surface area contributed by atoms with Crippen molar-refractivity contribution in [1.29, 1.82) is 0 Å². The van der Waals surface area contributed by atoms with Gasteiger partial charge in [-0.25, -0.2) is 0 Å². The van der Waals surface area contributed by atoms with Gasteiger partial charge in [-0.3, -0.25) is 11.3 Å². The van der Waals surface area contributed by atoms with Gasteiger partial charge < -0.3 is 0 Å². The van der Waals surface area contributed by atoms with Crippen molar-refractivity contribution >= 4 is 11.3 Å². The van der Waals surface area contributed by atoms with Crippen molar-refractivity contribution in [2.24, 2.45) is 11.3 Å². The van der Waals surface area contributed by atoms with Gasteiger partial charge in [-0.05, 0) is 29.3 Å². The molecule has 3 N–H and O–H groups in total. The highest BCUT2D eigenvalue weighted by molar-refractivity contribution is 7.10. The number of rotatable bonds is 2. The van der Waals surface area contributed by atoms with Gasteiger partial charge in [0.1, 0.15) is 0 Å². The summed E-state index contributed by atoms with van der Waals surface area (Å²) in [7, 11) is 0. The maximum Gasteiger partial charge on any atom is 0.0604 e. The van der Waals surface area contributed by atoms with Crippen LogP contribution in [0.2, 0.25) is 0 Å². The SMILES string of the molecule is Cc1ccsc1C(NN)C(C)(C)C. The third-order valence-electron chi connectivity index (χ3n) is 2.20. The van der Waals surface area contributed by atoms with Crippen LogP contribution in [0.5, 0.6) is 0 Å². The van der Waals surface area contributed by atoms with Crippen molar-refractivity contribution in [3.05, 3.63) is 21.9 Å². The van der Waals surface area contributed by atoms with E-state index in [-0.39, 0.29) is 11.5 Å². The van der Waals surface area contributed by atoms with Crippen molar-refractivity contribution in [2.45, 2.75) is 33.7 Å². The summed E-state index contributed by atoms with van der Waals surface area (Å²) in [6.07, 6.45) is 0. The molecule has 0 bridgehead atoms. The minimum absolute atomic E-state index is 0.157. The van der Waals surface area contributed by atoms with Crippen LogP contribution < -0.4 is 11.3 Å². The number of nitrogens with one attached hydrogen (secondary N) is 1. The molecule has 0 saturated heterocycles. The topological polar surface area (TPSA) is 38.0 Å². The number of thiophene rings is 1. The molecule has 2 nitrogen and oxygen atoms in total. The minimum atomic E-state index is 0.157. The van der Waals surface area contributed by atoms with E-state index >= 15 is 0 Å². The minimum Gasteiger partial charge on any atom is -0.271 e. The van der Waals surface area contributed by atoms with Crippen LogP contribution >= 0.6 is 11.3 Å². The van der Waals surface area contributed by atoms with E-state index in [1.54, 1.807) is 11.3 Å². The average Bonchev–Trinajstić information content (AvgIpc) is 2.35. The fourth-order valence-electron chi connectivity index (χ4n) is 1.40. The summed E-state index contributed by atoms with van der Waals surface area (Å²) in [5.41, 5.74) is 4.37. The number of aryl methyl sites for hydroxylation is 1. The van der Waals surface area contributed by atoms with E-state index in [0.717, 1.165) is 0 Å². The van der Waals surface area contributed by atoms with E-state index in [9.17, 15) is 0 Å². The Kier molecular flexibility index (Phi) is 3.11. The first-order chi connectivity index (χ1) is 5.96. The third-order valence-corrected chi connectivity index (χ3v) is 3.28. The van der Waals surface area contributed by atoms with Crippen LogP contribution in [-0.2, 0) is 0 Å². The number of hydrogen-bond donors (Lipinski definition) is 2. The van der Waals surface area contributed by atoms with E-state index < -0.39 is 0 Å². The molecule has 13 heavy (non-hydrogen) atoms. The molecule has 1 aromatic rings. The van der Waals surface area contributed by atoms with Crippen LogP contribution in [0.3, 0.4) is 0 Å². The molecule has 74 valence electrons. The van der Waals surface area contributed by atoms with Gasteiger partial charge in [0.25, 0.3) is 0 Å². The van der Waals surface area contributed by atoms with E-state index in [4.69, 9.17) is 5.84 Å². The van der Waals surface area contributed by atoms with Gasteiger partial charge in [0.05, 0.1) is 6.04 Å². The molecular weight excluding hydrogens is 180 g/mol. The molecule has 1 aromatic heterocycles. The summed E-state index contributed by atoms with van der Waals surface area (Å²) >= 11 is 1.77. The van der Waals surface area contributed by atoms with Gasteiger partial charge in [0, 0.05) is 4.88 Å². The lowest BCUT2D eigenvalue weighted by Gasteiger charge is -2.29. The van der Waals surface area contributed by atoms with E-state index in [1.165, 1.54) is 10.4 Å². The maximum atomic E-state index is 5.58. The fourth-order valence-corrected chi connectivity index (χ4v) is 2.63. The number of nitrogens with two attached hydrogens (primary N) is 1. The molecule has 0 saturated carbocycles. The van der Waals surface area contributed by atoms with Crippen molar-refractivity contribution in [3.8, 4) is 0 Å². The lowest BCUT2D eigenvalue weighted by atomic mass is 9.85. The Morgan fingerprint density at radius 2 is 2.08 bits per heavy atom. The lowest BCUT2D eigenvalue weighted by Crippen LogP contribution is -2.36. The zero-order valence-corrected chi connectivity index (χ0v) is 9.53. The number of hydrogen-bond acceptors (Lipinski definition) is 3. The van der Waals surface area contributed by atoms with Crippen LogP contribution in [0.4, 0.5) is 0 Å². The molecule has 0 spiro atoms. The molecule has 1 atom stereocenters. The van der Waals surface area contributed by atoms with E-state index in [1.807, 2.05) is 0 Å². The second kappa shape index (κ2) is 3.78. The van der Waals surface area contributed by atoms with Crippen LogP contribution in [0.1, 0.15) is 37.3 Å². The summed E-state index contributed by atoms with van der Waals surface area (Å²) < 4.78 is 0. The summed E-state index contributed by atoms with van der Waals surface area (Å²) in [6.45, 7) is 8.70. The Labute approximate surface area is 84.1 Å². The van der Waals surface area contributed by atoms with Crippen molar-refractivity contribution in [3.63, 3.8) is 0 Å². The second-order valence-corrected chi connectivity index (χ2v) is 5.38. The molecule has 0 aliphatic rings. The summed E-state index contributed by atoms with van der Waals surface area (Å²) in [5.74, 6) is 5.58. The molecule has 3 heteroatoms. The maximum absolute atomic E-state index is 5.58. The van der Waals surface area contributed by atoms with E-state index in [2.05, 4.69) is 44.6 Å². The Balaban J connectivity index is 2.98. The molecule has 1 rings (SSSR count). The molecule has 0 amide bonds. The van der Waals surface area contributed by atoms with Gasteiger partial charge in [-0.1, -0.05) is 20.8 Å². The largest absolute Gasteiger partial charge is 0.271 e. The highest BCUT2D eigenvalue weighted by Crippen LogP contribution is 2.36. The van der Waals surface area contributed by atoms with Crippen LogP contribution in [0, 0.1) is 12.3 Å². The van der Waals surface area contributed by atoms with Crippen LogP contribution in [0.25, 0.3) is 0 Å². The van der Waals surface area contributed by atoms with Crippen molar-refractivity contribution in [1.82, 2.24) is 5.43 Å². The first-order valence-corrected chi connectivity index (χ1v) is 5.35. The molecule has 0 fully saturated rings. The Hall–Kier alpha value is -0.380. The van der Waals surface area contributed by atoms with Crippen LogP contribution in [0.15, 0.2) is 11.4 Å². The molecule has 0 aromatic carbocycles. The van der Waals surface area contributed by atoms with Crippen molar-refractivity contribution < 1.29 is 0 Å². The van der Waals surface area contributed by atoms with Crippen molar-refractivity contribution in [2.75, 3.05) is 0 Å². The normalized spacial score (nSPS) is 14.5. The zero-order valence-electron chi connectivity index (χ0n) is 8.72. The molecule has 0 aliphatic heterocycles. The number of hydrazine groups is 1. The summed E-state index contributed by atoms with van der Waals surface area (Å²) in [4.78, 5) is 1.34. The zero-order chi connectivity index (χ0) is 10.1. The average molecular weight is 198 g/mol. The molecular formula is C10H18N2S. The summed E-state index contributed by atoms with van der Waals surface area (Å²) in [6, 6.07) is 2.38. The molecule has 1 unspecified atom stereocenters. The highest BCUT2D eigenvalue weighted by Gasteiger charge is 2.26. The van der Waals surface area contributed by atoms with E-state index in [0.29, 0.717) is 0 Å². The Bertz CT molecular complexity index is 273. The van der Waals surface area contributed by atoms with Gasteiger partial charge >= 0.3 is 0 Å². The van der Waals surface area contributed by atoms with Gasteiger partial charge in [0.2, 0.25) is 0 Å². The predicted molar refractivity (Wildman–Crippen MR) is 58.6 cm³/mol. The summed E-state index contributed by atoms with van der Waals surface area (Å²) in [5, 5.41) is 2.11. The van der Waals surface area contributed by atoms with Gasteiger partial charge in [0.15, 0.2) is 0 Å². The molecule has 0 radical (unpaired) electrons. The standard InChI is InChI=1S/C10H18N2S/c1-7-5-6-13-8(7)9(12-11)10(2,3)4/h5-6,9,12H,11H2,1-4H3. The highest BCUT2D eigenvalue weighted by atomic mass is 32.1. The predicted octanol–water partition coefficient (Wildman–Crippen LogP) is 2.61. The molecule has 0 aliphatic carbocycles. The van der Waals surface area contributed by atoms with Gasteiger partial charge in [-0.15, -0.1) is 11.3 Å². The fraction of sp³-hybridized carbons (Fsp3) is 0.600.